The van der Waals surface area contributed by atoms with Crippen LogP contribution in [0.15, 0.2) is 0 Å². The van der Waals surface area contributed by atoms with Crippen LogP contribution in [0.4, 0.5) is 0 Å². The van der Waals surface area contributed by atoms with Crippen molar-refractivity contribution in [2.45, 2.75) is 90.4 Å². The Bertz CT molecular complexity index is 796. The largest absolute Gasteiger partial charge is 0.459 e. The first-order chi connectivity index (χ1) is 15.1. The molecule has 6 unspecified atom stereocenters. The van der Waals surface area contributed by atoms with Gasteiger partial charge in [-0.05, 0) is 58.8 Å². The van der Waals surface area contributed by atoms with Crippen molar-refractivity contribution in [1.82, 2.24) is 0 Å². The van der Waals surface area contributed by atoms with Gasteiger partial charge in [0.15, 0.2) is 6.61 Å². The summed E-state index contributed by atoms with van der Waals surface area (Å²) < 4.78 is 22.3. The first-order valence-corrected chi connectivity index (χ1v) is 11.9. The van der Waals surface area contributed by atoms with Gasteiger partial charge < -0.3 is 18.9 Å². The van der Waals surface area contributed by atoms with Gasteiger partial charge in [0.05, 0.1) is 17.3 Å². The highest BCUT2D eigenvalue weighted by atomic mass is 16.6. The van der Waals surface area contributed by atoms with E-state index in [1.807, 2.05) is 13.8 Å². The number of ether oxygens (including phenoxy) is 4. The van der Waals surface area contributed by atoms with Gasteiger partial charge >= 0.3 is 23.9 Å². The lowest BCUT2D eigenvalue weighted by molar-refractivity contribution is -0.178. The highest BCUT2D eigenvalue weighted by Gasteiger charge is 2.70. The third-order valence-corrected chi connectivity index (χ3v) is 8.32. The van der Waals surface area contributed by atoms with E-state index in [2.05, 4.69) is 0 Å². The fraction of sp³-hybridized carbons (Fsp3) is 0.833. The van der Waals surface area contributed by atoms with E-state index in [9.17, 15) is 19.2 Å². The summed E-state index contributed by atoms with van der Waals surface area (Å²) in [5.74, 6) is -3.60. The number of carbonyl (C=O) groups is 4. The zero-order valence-electron chi connectivity index (χ0n) is 19.4. The predicted octanol–water partition coefficient (Wildman–Crippen LogP) is 2.95. The van der Waals surface area contributed by atoms with Crippen molar-refractivity contribution in [2.75, 3.05) is 6.61 Å². The summed E-state index contributed by atoms with van der Waals surface area (Å²) in [7, 11) is 0. The molecule has 2 bridgehead atoms. The van der Waals surface area contributed by atoms with E-state index in [-0.39, 0.29) is 17.8 Å². The zero-order chi connectivity index (χ0) is 23.3. The first kappa shape index (κ1) is 23.1. The van der Waals surface area contributed by atoms with E-state index in [4.69, 9.17) is 18.9 Å². The molecule has 3 aliphatic carbocycles. The van der Waals surface area contributed by atoms with Gasteiger partial charge in [0.25, 0.3) is 0 Å². The lowest BCUT2D eigenvalue weighted by Gasteiger charge is -2.34. The topological polar surface area (TPSA) is 105 Å². The van der Waals surface area contributed by atoms with Crippen molar-refractivity contribution in [3.63, 3.8) is 0 Å². The Kier molecular flexibility index (Phi) is 6.01. The van der Waals surface area contributed by atoms with E-state index in [0.29, 0.717) is 12.8 Å². The van der Waals surface area contributed by atoms with Crippen molar-refractivity contribution in [3.8, 4) is 0 Å². The zero-order valence-corrected chi connectivity index (χ0v) is 19.4. The molecule has 4 rings (SSSR count). The Labute approximate surface area is 188 Å². The van der Waals surface area contributed by atoms with Crippen molar-refractivity contribution in [3.05, 3.63) is 0 Å². The van der Waals surface area contributed by atoms with Crippen LogP contribution in [0, 0.1) is 29.1 Å². The molecule has 8 nitrogen and oxygen atoms in total. The average molecular weight is 451 g/mol. The second-order valence-corrected chi connectivity index (χ2v) is 10.4. The van der Waals surface area contributed by atoms with Crippen LogP contribution in [0.25, 0.3) is 0 Å². The van der Waals surface area contributed by atoms with Crippen LogP contribution >= 0.6 is 0 Å². The molecule has 4 aliphatic rings. The maximum absolute atomic E-state index is 13.2. The number of hydrogen-bond acceptors (Lipinski definition) is 8. The molecule has 8 heteroatoms. The fourth-order valence-corrected chi connectivity index (χ4v) is 5.95. The SMILES string of the molecule is CCC1(OC(=O)C2C3CC4C(OC(=O)C42)C3OC(=O)COC(=O)C(C)(C)CC)CCCC1. The lowest BCUT2D eigenvalue weighted by atomic mass is 9.78. The number of esters is 4. The molecule has 3 saturated carbocycles. The van der Waals surface area contributed by atoms with Gasteiger partial charge in [0.1, 0.15) is 17.8 Å². The van der Waals surface area contributed by atoms with E-state index >= 15 is 0 Å². The van der Waals surface area contributed by atoms with Crippen molar-refractivity contribution in [2.24, 2.45) is 29.1 Å². The minimum absolute atomic E-state index is 0.148. The Balaban J connectivity index is 1.42. The predicted molar refractivity (Wildman–Crippen MR) is 111 cm³/mol. The molecule has 1 aliphatic heterocycles. The van der Waals surface area contributed by atoms with Crippen LogP contribution in [0.1, 0.15) is 72.6 Å². The summed E-state index contributed by atoms with van der Waals surface area (Å²) in [6.07, 6.45) is 4.38. The maximum Gasteiger partial charge on any atom is 0.344 e. The van der Waals surface area contributed by atoms with Gasteiger partial charge in [0, 0.05) is 11.8 Å². The van der Waals surface area contributed by atoms with Crippen LogP contribution in [0.2, 0.25) is 0 Å². The molecule has 4 fully saturated rings. The van der Waals surface area contributed by atoms with E-state index in [1.165, 1.54) is 0 Å². The van der Waals surface area contributed by atoms with Crippen LogP contribution < -0.4 is 0 Å². The molecule has 0 amide bonds. The lowest BCUT2D eigenvalue weighted by Crippen LogP contribution is -2.46. The van der Waals surface area contributed by atoms with Gasteiger partial charge in [-0.15, -0.1) is 0 Å². The molecule has 0 aromatic rings. The Morgan fingerprint density at radius 3 is 2.44 bits per heavy atom. The molecular formula is C24H34O8. The second kappa shape index (κ2) is 8.34. The number of rotatable bonds is 8. The van der Waals surface area contributed by atoms with Crippen LogP contribution in [-0.4, -0.2) is 48.3 Å². The molecule has 0 radical (unpaired) electrons. The Morgan fingerprint density at radius 2 is 1.81 bits per heavy atom. The maximum atomic E-state index is 13.2. The van der Waals surface area contributed by atoms with Gasteiger partial charge in [0.2, 0.25) is 0 Å². The molecule has 6 atom stereocenters. The molecular weight excluding hydrogens is 416 g/mol. The molecule has 32 heavy (non-hydrogen) atoms. The summed E-state index contributed by atoms with van der Waals surface area (Å²) >= 11 is 0. The summed E-state index contributed by atoms with van der Waals surface area (Å²) in [6, 6.07) is 0. The van der Waals surface area contributed by atoms with Crippen molar-refractivity contribution >= 4 is 23.9 Å². The molecule has 1 heterocycles. The minimum Gasteiger partial charge on any atom is -0.459 e. The number of carbonyl (C=O) groups excluding carboxylic acids is 4. The van der Waals surface area contributed by atoms with Crippen molar-refractivity contribution in [1.29, 1.82) is 0 Å². The van der Waals surface area contributed by atoms with Gasteiger partial charge in [-0.3, -0.25) is 14.4 Å². The third-order valence-electron chi connectivity index (χ3n) is 8.32. The van der Waals surface area contributed by atoms with Gasteiger partial charge in [-0.2, -0.15) is 0 Å². The second-order valence-electron chi connectivity index (χ2n) is 10.4. The smallest absolute Gasteiger partial charge is 0.344 e. The quantitative estimate of drug-likeness (QED) is 0.411. The van der Waals surface area contributed by atoms with Gasteiger partial charge in [-0.1, -0.05) is 13.8 Å². The first-order valence-electron chi connectivity index (χ1n) is 11.9. The van der Waals surface area contributed by atoms with Crippen LogP contribution in [0.3, 0.4) is 0 Å². The van der Waals surface area contributed by atoms with Crippen molar-refractivity contribution < 1.29 is 38.1 Å². The number of fused-ring (bicyclic) bond motifs is 1. The molecule has 1 saturated heterocycles. The molecule has 0 N–H and O–H groups in total. The standard InChI is InChI=1S/C24H34O8/c1-5-23(3,4)22(28)29-12-15(25)30-18-14-11-13-16(20(26)31-19(13)18)17(14)21(27)32-24(6-2)9-7-8-10-24/h13-14,16-19H,5-12H2,1-4H3. The minimum atomic E-state index is -0.716. The highest BCUT2D eigenvalue weighted by molar-refractivity contribution is 5.86. The summed E-state index contributed by atoms with van der Waals surface area (Å²) in [4.78, 5) is 50.4. The van der Waals surface area contributed by atoms with Crippen LogP contribution in [0.5, 0.6) is 0 Å². The summed E-state index contributed by atoms with van der Waals surface area (Å²) in [5, 5.41) is 0. The monoisotopic (exact) mass is 450 g/mol. The molecule has 0 spiro atoms. The average Bonchev–Trinajstić information content (AvgIpc) is 3.50. The normalized spacial score (nSPS) is 34.3. The molecule has 0 aromatic heterocycles. The Hall–Kier alpha value is -2.12. The summed E-state index contributed by atoms with van der Waals surface area (Å²) in [5.41, 5.74) is -1.14. The Morgan fingerprint density at radius 1 is 1.12 bits per heavy atom. The molecule has 178 valence electrons. The fourth-order valence-electron chi connectivity index (χ4n) is 5.95. The van der Waals surface area contributed by atoms with E-state index in [0.717, 1.165) is 32.1 Å². The molecule has 0 aromatic carbocycles. The van der Waals surface area contributed by atoms with Gasteiger partial charge in [-0.25, -0.2) is 4.79 Å². The summed E-state index contributed by atoms with van der Waals surface area (Å²) in [6.45, 7) is 6.88. The van der Waals surface area contributed by atoms with E-state index < -0.39 is 59.6 Å². The highest BCUT2D eigenvalue weighted by Crippen LogP contribution is 2.59. The van der Waals surface area contributed by atoms with Crippen LogP contribution in [-0.2, 0) is 38.1 Å². The third kappa shape index (κ3) is 3.79. The number of hydrogen-bond donors (Lipinski definition) is 0. The van der Waals surface area contributed by atoms with E-state index in [1.54, 1.807) is 13.8 Å².